The van der Waals surface area contributed by atoms with E-state index in [1.807, 2.05) is 52.0 Å². The molecule has 1 aliphatic rings. The van der Waals surface area contributed by atoms with Gasteiger partial charge in [-0.3, -0.25) is 9.59 Å². The standard InChI is InChI=1S/C11H11Cl2NO2.C8H14N4OS/c1-7-6-16-9-5-3-2-4-8(9)14(7)11(15)10(12)13;1-8(2,3)5-6(13)12(9)7(14-4)11-10-5/h2-5,7,10H,6H2,1H3;9H2,1-4H3. The van der Waals surface area contributed by atoms with Crippen LogP contribution in [0, 0.1) is 0 Å². The molecule has 0 radical (unpaired) electrons. The first-order chi connectivity index (χ1) is 14.0. The average molecular weight is 474 g/mol. The van der Waals surface area contributed by atoms with E-state index in [2.05, 4.69) is 10.2 Å². The Morgan fingerprint density at radius 3 is 2.50 bits per heavy atom. The SMILES string of the molecule is CC1COc2ccccc2N1C(=O)C(Cl)Cl.CSc1nnc(C(C)(C)C)c(=O)n1N. The molecule has 1 aromatic heterocycles. The van der Waals surface area contributed by atoms with Crippen molar-refractivity contribution in [3.63, 3.8) is 0 Å². The summed E-state index contributed by atoms with van der Waals surface area (Å²) in [5, 5.41) is 8.19. The third-order valence-corrected chi connectivity index (χ3v) is 5.24. The van der Waals surface area contributed by atoms with Crippen molar-refractivity contribution < 1.29 is 9.53 Å². The van der Waals surface area contributed by atoms with Gasteiger partial charge in [-0.2, -0.15) is 4.68 Å². The number of alkyl halides is 2. The maximum atomic E-state index is 11.9. The van der Waals surface area contributed by atoms with E-state index in [4.69, 9.17) is 33.8 Å². The van der Waals surface area contributed by atoms with Gasteiger partial charge in [-0.25, -0.2) is 0 Å². The lowest BCUT2D eigenvalue weighted by atomic mass is 9.93. The second kappa shape index (κ2) is 9.89. The van der Waals surface area contributed by atoms with Gasteiger partial charge in [0.15, 0.2) is 4.84 Å². The van der Waals surface area contributed by atoms with E-state index < -0.39 is 4.84 Å². The van der Waals surface area contributed by atoms with E-state index in [-0.39, 0.29) is 22.9 Å². The fourth-order valence-corrected chi connectivity index (χ4v) is 3.35. The molecular formula is C19H25Cl2N5O3S. The average Bonchev–Trinajstić information content (AvgIpc) is 2.69. The lowest BCUT2D eigenvalue weighted by molar-refractivity contribution is -0.117. The molecule has 0 fully saturated rings. The molecule has 2 heterocycles. The first-order valence-electron chi connectivity index (χ1n) is 9.11. The van der Waals surface area contributed by atoms with Crippen molar-refractivity contribution in [2.24, 2.45) is 0 Å². The van der Waals surface area contributed by atoms with E-state index in [9.17, 15) is 9.59 Å². The van der Waals surface area contributed by atoms with Crippen LogP contribution in [0.25, 0.3) is 0 Å². The number of halogens is 2. The number of para-hydroxylation sites is 2. The van der Waals surface area contributed by atoms with Crippen LogP contribution in [-0.4, -0.2) is 44.5 Å². The van der Waals surface area contributed by atoms with E-state index in [0.717, 1.165) is 10.4 Å². The van der Waals surface area contributed by atoms with Crippen LogP contribution in [-0.2, 0) is 10.2 Å². The molecule has 1 unspecified atom stereocenters. The lowest BCUT2D eigenvalue weighted by Crippen LogP contribution is -2.47. The number of amides is 1. The zero-order valence-electron chi connectivity index (χ0n) is 17.4. The van der Waals surface area contributed by atoms with Gasteiger partial charge in [-0.05, 0) is 25.3 Å². The highest BCUT2D eigenvalue weighted by Gasteiger charge is 2.32. The van der Waals surface area contributed by atoms with Gasteiger partial charge in [-0.15, -0.1) is 10.2 Å². The molecule has 3 rings (SSSR count). The number of thioether (sulfide) groups is 1. The van der Waals surface area contributed by atoms with E-state index in [1.54, 1.807) is 11.2 Å². The number of nitrogen functional groups attached to an aromatic ring is 1. The number of ether oxygens (including phenoxy) is 1. The summed E-state index contributed by atoms with van der Waals surface area (Å²) in [4.78, 5) is 24.1. The molecule has 2 aromatic rings. The number of hydrogen-bond acceptors (Lipinski definition) is 7. The van der Waals surface area contributed by atoms with Crippen LogP contribution in [0.5, 0.6) is 5.75 Å². The van der Waals surface area contributed by atoms with Gasteiger partial charge in [0.1, 0.15) is 18.1 Å². The highest BCUT2D eigenvalue weighted by Crippen LogP contribution is 2.34. The summed E-state index contributed by atoms with van der Waals surface area (Å²) in [5.41, 5.74) is 0.495. The van der Waals surface area contributed by atoms with Gasteiger partial charge in [0.05, 0.1) is 11.7 Å². The van der Waals surface area contributed by atoms with Crippen molar-refractivity contribution in [1.29, 1.82) is 0 Å². The first-order valence-corrected chi connectivity index (χ1v) is 11.2. The number of benzene rings is 1. The molecule has 30 heavy (non-hydrogen) atoms. The van der Waals surface area contributed by atoms with Crippen LogP contribution in [0.3, 0.4) is 0 Å². The van der Waals surface area contributed by atoms with Crippen molar-refractivity contribution >= 4 is 46.6 Å². The van der Waals surface area contributed by atoms with E-state index >= 15 is 0 Å². The van der Waals surface area contributed by atoms with Crippen LogP contribution in [0.15, 0.2) is 34.2 Å². The Balaban J connectivity index is 0.000000216. The maximum absolute atomic E-state index is 11.9. The zero-order chi connectivity index (χ0) is 22.6. The van der Waals surface area contributed by atoms with Gasteiger partial charge in [0, 0.05) is 5.41 Å². The number of anilines is 1. The summed E-state index contributed by atoms with van der Waals surface area (Å²) >= 11 is 12.5. The summed E-state index contributed by atoms with van der Waals surface area (Å²) in [6.45, 7) is 8.04. The number of nitrogens with two attached hydrogens (primary N) is 1. The predicted molar refractivity (Wildman–Crippen MR) is 121 cm³/mol. The Bertz CT molecular complexity index is 962. The Morgan fingerprint density at radius 2 is 1.93 bits per heavy atom. The second-order valence-corrected chi connectivity index (χ2v) is 9.47. The maximum Gasteiger partial charge on any atom is 0.295 e. The predicted octanol–water partition coefficient (Wildman–Crippen LogP) is 2.98. The number of nitrogens with zero attached hydrogens (tertiary/aromatic N) is 4. The zero-order valence-corrected chi connectivity index (χ0v) is 19.8. The molecule has 0 bridgehead atoms. The number of aromatic nitrogens is 3. The molecular weight excluding hydrogens is 449 g/mol. The van der Waals surface area contributed by atoms with E-state index in [1.165, 1.54) is 11.8 Å². The Morgan fingerprint density at radius 1 is 1.30 bits per heavy atom. The quantitative estimate of drug-likeness (QED) is 0.406. The van der Waals surface area contributed by atoms with Crippen LogP contribution in [0.4, 0.5) is 5.69 Å². The summed E-state index contributed by atoms with van der Waals surface area (Å²) in [6, 6.07) is 7.27. The number of fused-ring (bicyclic) bond motifs is 1. The normalized spacial score (nSPS) is 15.7. The summed E-state index contributed by atoms with van der Waals surface area (Å²) in [5.74, 6) is 5.94. The number of hydrogen-bond donors (Lipinski definition) is 1. The molecule has 1 aliphatic heterocycles. The molecule has 11 heteroatoms. The molecule has 0 saturated heterocycles. The minimum absolute atomic E-state index is 0.0672. The summed E-state index contributed by atoms with van der Waals surface area (Å²) in [7, 11) is 0. The van der Waals surface area contributed by atoms with Gasteiger partial charge >= 0.3 is 0 Å². The third kappa shape index (κ3) is 5.39. The minimum atomic E-state index is -1.05. The molecule has 8 nitrogen and oxygen atoms in total. The van der Waals surface area contributed by atoms with Crippen molar-refractivity contribution in [2.45, 2.75) is 49.1 Å². The lowest BCUT2D eigenvalue weighted by Gasteiger charge is -2.35. The van der Waals surface area contributed by atoms with Crippen molar-refractivity contribution in [3.8, 4) is 5.75 Å². The minimum Gasteiger partial charge on any atom is -0.489 e. The van der Waals surface area contributed by atoms with Crippen molar-refractivity contribution in [3.05, 3.63) is 40.3 Å². The number of carbonyl (C=O) groups excluding carboxylic acids is 1. The number of carbonyl (C=O) groups is 1. The van der Waals surface area contributed by atoms with Gasteiger partial charge < -0.3 is 15.5 Å². The fraction of sp³-hybridized carbons (Fsp3) is 0.474. The Kier molecular flexibility index (Phi) is 8.01. The Labute approximate surface area is 189 Å². The fourth-order valence-electron chi connectivity index (χ4n) is 2.74. The molecule has 1 aromatic carbocycles. The van der Waals surface area contributed by atoms with Crippen molar-refractivity contribution in [2.75, 3.05) is 23.6 Å². The molecule has 2 N–H and O–H groups in total. The molecule has 164 valence electrons. The van der Waals surface area contributed by atoms with Crippen LogP contribution < -0.4 is 21.0 Å². The summed E-state index contributed by atoms with van der Waals surface area (Å²) < 4.78 is 6.56. The topological polar surface area (TPSA) is 103 Å². The third-order valence-electron chi connectivity index (χ3n) is 4.23. The van der Waals surface area contributed by atoms with Crippen molar-refractivity contribution in [1.82, 2.24) is 14.9 Å². The highest BCUT2D eigenvalue weighted by molar-refractivity contribution is 7.98. The van der Waals surface area contributed by atoms with E-state index in [0.29, 0.717) is 23.2 Å². The highest BCUT2D eigenvalue weighted by atomic mass is 35.5. The smallest absolute Gasteiger partial charge is 0.295 e. The van der Waals surface area contributed by atoms with Crippen LogP contribution >= 0.6 is 35.0 Å². The van der Waals surface area contributed by atoms with Gasteiger partial charge in [0.2, 0.25) is 5.16 Å². The monoisotopic (exact) mass is 473 g/mol. The Hall–Kier alpha value is -1.97. The van der Waals surface area contributed by atoms with Crippen LogP contribution in [0.2, 0.25) is 0 Å². The molecule has 1 atom stereocenters. The molecule has 1 amide bonds. The molecule has 0 spiro atoms. The number of rotatable bonds is 2. The largest absolute Gasteiger partial charge is 0.489 e. The van der Waals surface area contributed by atoms with Gasteiger partial charge in [0.25, 0.3) is 11.5 Å². The molecule has 0 aliphatic carbocycles. The molecule has 0 saturated carbocycles. The summed E-state index contributed by atoms with van der Waals surface area (Å²) in [6.07, 6.45) is 1.80. The first kappa shape index (κ1) is 24.3. The van der Waals surface area contributed by atoms with Crippen LogP contribution in [0.1, 0.15) is 33.4 Å². The van der Waals surface area contributed by atoms with Gasteiger partial charge in [-0.1, -0.05) is 67.9 Å². The second-order valence-electron chi connectivity index (χ2n) is 7.60.